The minimum atomic E-state index is -4.71. The molecule has 2 rings (SSSR count). The van der Waals surface area contributed by atoms with Crippen LogP contribution in [0.2, 0.25) is 0 Å². The fraction of sp³-hybridized carbons (Fsp3) is 0.438. The number of aryl methyl sites for hydroxylation is 1. The van der Waals surface area contributed by atoms with Crippen LogP contribution in [0.4, 0.5) is 13.2 Å². The van der Waals surface area contributed by atoms with E-state index in [4.69, 9.17) is 4.74 Å². The van der Waals surface area contributed by atoms with Crippen LogP contribution in [0, 0.1) is 0 Å². The predicted octanol–water partition coefficient (Wildman–Crippen LogP) is 1.36. The lowest BCUT2D eigenvalue weighted by molar-refractivity contribution is -0.147. The number of carbonyl (C=O) groups is 1. The zero-order valence-corrected chi connectivity index (χ0v) is 14.3. The van der Waals surface area contributed by atoms with E-state index in [-0.39, 0.29) is 25.4 Å². The summed E-state index contributed by atoms with van der Waals surface area (Å²) in [5.74, 6) is -0.814. The molecule has 0 spiro atoms. The molecule has 0 fully saturated rings. The van der Waals surface area contributed by atoms with Crippen LogP contribution in [0.15, 0.2) is 29.1 Å². The van der Waals surface area contributed by atoms with Gasteiger partial charge >= 0.3 is 11.9 Å². The second-order valence-electron chi connectivity index (χ2n) is 5.58. The molecule has 0 atom stereocenters. The molecule has 0 bridgehead atoms. The average molecular weight is 372 g/mol. The minimum absolute atomic E-state index is 0.00959. The molecule has 1 aromatic carbocycles. The first-order valence-corrected chi connectivity index (χ1v) is 7.83. The van der Waals surface area contributed by atoms with E-state index in [1.807, 2.05) is 12.1 Å². The van der Waals surface area contributed by atoms with Crippen molar-refractivity contribution >= 4 is 5.91 Å². The highest BCUT2D eigenvalue weighted by molar-refractivity contribution is 5.76. The Bertz CT molecular complexity index is 810. The molecule has 0 saturated carbocycles. The van der Waals surface area contributed by atoms with Gasteiger partial charge in [-0.05, 0) is 24.1 Å². The van der Waals surface area contributed by atoms with E-state index >= 15 is 0 Å². The number of methoxy groups -OCH3 is 1. The standard InChI is InChI=1S/C16H19F3N4O3/c1-22-14(16(17,18)19)21-23(15(22)25)10-9-20-13(24)8-5-11-3-6-12(26-2)7-4-11/h3-4,6-7H,5,8-10H2,1-2H3,(H,20,24). The van der Waals surface area contributed by atoms with Crippen LogP contribution in [0.1, 0.15) is 17.8 Å². The topological polar surface area (TPSA) is 78.2 Å². The van der Waals surface area contributed by atoms with Crippen molar-refractivity contribution in [1.82, 2.24) is 19.7 Å². The van der Waals surface area contributed by atoms with Crippen LogP contribution in [0.5, 0.6) is 5.75 Å². The maximum atomic E-state index is 12.7. The SMILES string of the molecule is COc1ccc(CCC(=O)NCCn2nc(C(F)(F)F)n(C)c2=O)cc1. The largest absolute Gasteiger partial charge is 0.497 e. The highest BCUT2D eigenvalue weighted by Crippen LogP contribution is 2.25. The van der Waals surface area contributed by atoms with Crippen molar-refractivity contribution in [2.75, 3.05) is 13.7 Å². The van der Waals surface area contributed by atoms with Gasteiger partial charge in [0.25, 0.3) is 0 Å². The molecule has 0 aliphatic carbocycles. The molecule has 1 aromatic heterocycles. The lowest BCUT2D eigenvalue weighted by Crippen LogP contribution is -2.31. The van der Waals surface area contributed by atoms with E-state index in [1.54, 1.807) is 19.2 Å². The number of rotatable bonds is 7. The molecule has 26 heavy (non-hydrogen) atoms. The minimum Gasteiger partial charge on any atom is -0.497 e. The van der Waals surface area contributed by atoms with Gasteiger partial charge in [0.05, 0.1) is 13.7 Å². The summed E-state index contributed by atoms with van der Waals surface area (Å²) >= 11 is 0. The van der Waals surface area contributed by atoms with Crippen LogP contribution in [-0.4, -0.2) is 33.9 Å². The first-order chi connectivity index (χ1) is 12.2. The van der Waals surface area contributed by atoms with Crippen molar-refractivity contribution in [2.24, 2.45) is 7.05 Å². The van der Waals surface area contributed by atoms with Crippen molar-refractivity contribution in [1.29, 1.82) is 0 Å². The van der Waals surface area contributed by atoms with Gasteiger partial charge in [-0.15, -0.1) is 5.10 Å². The molecule has 0 aliphatic heterocycles. The molecule has 7 nitrogen and oxygen atoms in total. The molecule has 0 aliphatic rings. The highest BCUT2D eigenvalue weighted by atomic mass is 19.4. The number of nitrogens with zero attached hydrogens (tertiary/aromatic N) is 3. The number of benzene rings is 1. The third-order valence-electron chi connectivity index (χ3n) is 3.74. The predicted molar refractivity (Wildman–Crippen MR) is 86.8 cm³/mol. The van der Waals surface area contributed by atoms with Gasteiger partial charge in [0, 0.05) is 20.0 Å². The van der Waals surface area contributed by atoms with Gasteiger partial charge < -0.3 is 10.1 Å². The number of alkyl halides is 3. The van der Waals surface area contributed by atoms with Gasteiger partial charge in [-0.2, -0.15) is 13.2 Å². The van der Waals surface area contributed by atoms with Crippen LogP contribution in [0.25, 0.3) is 0 Å². The molecule has 142 valence electrons. The van der Waals surface area contributed by atoms with E-state index < -0.39 is 17.7 Å². The zero-order chi connectivity index (χ0) is 19.3. The number of carbonyl (C=O) groups excluding carboxylic acids is 1. The number of hydrogen-bond donors (Lipinski definition) is 1. The summed E-state index contributed by atoms with van der Waals surface area (Å²) in [5, 5.41) is 5.83. The Kier molecular flexibility index (Phi) is 6.06. The molecule has 10 heteroatoms. The number of amides is 1. The normalized spacial score (nSPS) is 11.4. The van der Waals surface area contributed by atoms with Crippen LogP contribution in [0.3, 0.4) is 0 Å². The summed E-state index contributed by atoms with van der Waals surface area (Å²) in [7, 11) is 2.56. The first-order valence-electron chi connectivity index (χ1n) is 7.83. The quantitative estimate of drug-likeness (QED) is 0.796. The third-order valence-corrected chi connectivity index (χ3v) is 3.74. The Hall–Kier alpha value is -2.78. The Morgan fingerprint density at radius 3 is 2.46 bits per heavy atom. The fourth-order valence-corrected chi connectivity index (χ4v) is 2.32. The maximum Gasteiger partial charge on any atom is 0.451 e. The lowest BCUT2D eigenvalue weighted by atomic mass is 10.1. The van der Waals surface area contributed by atoms with Crippen molar-refractivity contribution in [3.05, 3.63) is 46.1 Å². The molecular formula is C16H19F3N4O3. The van der Waals surface area contributed by atoms with Crippen molar-refractivity contribution < 1.29 is 22.7 Å². The summed E-state index contributed by atoms with van der Waals surface area (Å²) in [6.45, 7) is -0.132. The molecule has 2 aromatic rings. The number of ether oxygens (including phenoxy) is 1. The molecule has 1 amide bonds. The molecule has 0 radical (unpaired) electrons. The molecule has 0 unspecified atom stereocenters. The summed E-state index contributed by atoms with van der Waals surface area (Å²) in [6, 6.07) is 7.27. The number of hydrogen-bond acceptors (Lipinski definition) is 4. The first kappa shape index (κ1) is 19.5. The molecule has 1 heterocycles. The van der Waals surface area contributed by atoms with Gasteiger partial charge in [0.15, 0.2) is 0 Å². The van der Waals surface area contributed by atoms with Crippen molar-refractivity contribution in [3.8, 4) is 5.75 Å². The van der Waals surface area contributed by atoms with Gasteiger partial charge in [-0.1, -0.05) is 12.1 Å². The Morgan fingerprint density at radius 1 is 1.27 bits per heavy atom. The summed E-state index contributed by atoms with van der Waals surface area (Å²) in [5.41, 5.74) is 0.0709. The lowest BCUT2D eigenvalue weighted by Gasteiger charge is -2.06. The number of halogens is 3. The number of aromatic nitrogens is 3. The van der Waals surface area contributed by atoms with Gasteiger partial charge in [-0.25, -0.2) is 9.48 Å². The van der Waals surface area contributed by atoms with Gasteiger partial charge in [0.1, 0.15) is 5.75 Å². The summed E-state index contributed by atoms with van der Waals surface area (Å²) < 4.78 is 44.2. The average Bonchev–Trinajstić information content (AvgIpc) is 2.89. The maximum absolute atomic E-state index is 12.7. The Balaban J connectivity index is 1.82. The monoisotopic (exact) mass is 372 g/mol. The second kappa shape index (κ2) is 8.07. The molecule has 0 saturated heterocycles. The zero-order valence-electron chi connectivity index (χ0n) is 14.3. The molecule has 1 N–H and O–H groups in total. The van der Waals surface area contributed by atoms with E-state index in [1.165, 1.54) is 0 Å². The van der Waals surface area contributed by atoms with Crippen molar-refractivity contribution in [3.63, 3.8) is 0 Å². The molecular weight excluding hydrogens is 353 g/mol. The summed E-state index contributed by atoms with van der Waals surface area (Å²) in [4.78, 5) is 23.5. The van der Waals surface area contributed by atoms with E-state index in [2.05, 4.69) is 10.4 Å². The van der Waals surface area contributed by atoms with Crippen LogP contribution >= 0.6 is 0 Å². The highest BCUT2D eigenvalue weighted by Gasteiger charge is 2.37. The van der Waals surface area contributed by atoms with E-state index in [0.29, 0.717) is 15.7 Å². The van der Waals surface area contributed by atoms with Gasteiger partial charge in [-0.3, -0.25) is 9.36 Å². The second-order valence-corrected chi connectivity index (χ2v) is 5.58. The number of nitrogens with one attached hydrogen (secondary N) is 1. The van der Waals surface area contributed by atoms with Gasteiger partial charge in [0.2, 0.25) is 11.7 Å². The van der Waals surface area contributed by atoms with Crippen LogP contribution in [-0.2, 0) is 31.0 Å². The van der Waals surface area contributed by atoms with E-state index in [0.717, 1.165) is 18.4 Å². The van der Waals surface area contributed by atoms with Crippen molar-refractivity contribution in [2.45, 2.75) is 25.6 Å². The third kappa shape index (κ3) is 4.87. The smallest absolute Gasteiger partial charge is 0.451 e. The van der Waals surface area contributed by atoms with E-state index in [9.17, 15) is 22.8 Å². The fourth-order valence-electron chi connectivity index (χ4n) is 2.32. The Labute approximate surface area is 147 Å². The Morgan fingerprint density at radius 2 is 1.92 bits per heavy atom. The van der Waals surface area contributed by atoms with Crippen LogP contribution < -0.4 is 15.7 Å². The summed E-state index contributed by atoms with van der Waals surface area (Å²) in [6.07, 6.45) is -3.98.